The molecule has 0 atom stereocenters. The van der Waals surface area contributed by atoms with Crippen molar-refractivity contribution < 1.29 is 9.53 Å². The summed E-state index contributed by atoms with van der Waals surface area (Å²) in [7, 11) is 3.95. The van der Waals surface area contributed by atoms with Crippen LogP contribution >= 0.6 is 11.6 Å². The molecular formula is C18H15ClN2O2. The van der Waals surface area contributed by atoms with Gasteiger partial charge >= 0.3 is 5.97 Å². The molecule has 116 valence electrons. The minimum atomic E-state index is -0.475. The van der Waals surface area contributed by atoms with Crippen LogP contribution in [0.25, 0.3) is 6.08 Å². The Morgan fingerprint density at radius 2 is 1.78 bits per heavy atom. The number of hydrogen-bond donors (Lipinski definition) is 0. The number of carbonyl (C=O) groups excluding carboxylic acids is 1. The average Bonchev–Trinajstić information content (AvgIpc) is 2.89. The predicted octanol–water partition coefficient (Wildman–Crippen LogP) is 3.75. The third-order valence-electron chi connectivity index (χ3n) is 3.44. The molecule has 1 aliphatic heterocycles. The largest absolute Gasteiger partial charge is 0.402 e. The zero-order valence-corrected chi connectivity index (χ0v) is 13.5. The van der Waals surface area contributed by atoms with Gasteiger partial charge in [0.1, 0.15) is 0 Å². The molecule has 0 saturated heterocycles. The molecule has 2 aromatic carbocycles. The van der Waals surface area contributed by atoms with Crippen LogP contribution in [0.1, 0.15) is 11.1 Å². The fourth-order valence-corrected chi connectivity index (χ4v) is 2.40. The van der Waals surface area contributed by atoms with E-state index in [1.54, 1.807) is 18.2 Å². The number of aliphatic imine (C=N–C) groups is 1. The van der Waals surface area contributed by atoms with E-state index in [4.69, 9.17) is 16.3 Å². The highest BCUT2D eigenvalue weighted by Gasteiger charge is 2.25. The van der Waals surface area contributed by atoms with Crippen molar-refractivity contribution in [3.8, 4) is 0 Å². The Morgan fingerprint density at radius 1 is 1.09 bits per heavy atom. The summed E-state index contributed by atoms with van der Waals surface area (Å²) in [5.74, 6) is -0.242. The molecule has 0 amide bonds. The van der Waals surface area contributed by atoms with Crippen molar-refractivity contribution in [3.05, 3.63) is 70.4 Å². The van der Waals surface area contributed by atoms with Crippen LogP contribution < -0.4 is 4.90 Å². The second-order valence-electron chi connectivity index (χ2n) is 5.30. The van der Waals surface area contributed by atoms with Gasteiger partial charge in [-0.1, -0.05) is 35.9 Å². The Balaban J connectivity index is 1.90. The first-order valence-electron chi connectivity index (χ1n) is 7.09. The maximum atomic E-state index is 12.0. The summed E-state index contributed by atoms with van der Waals surface area (Å²) in [6.07, 6.45) is 1.70. The zero-order valence-electron chi connectivity index (χ0n) is 12.8. The van der Waals surface area contributed by atoms with Gasteiger partial charge < -0.3 is 9.64 Å². The van der Waals surface area contributed by atoms with Gasteiger partial charge in [-0.05, 0) is 35.9 Å². The lowest BCUT2D eigenvalue weighted by atomic mass is 10.1. The lowest BCUT2D eigenvalue weighted by molar-refractivity contribution is -0.129. The number of ether oxygens (including phenoxy) is 1. The minimum absolute atomic E-state index is 0.233. The number of hydrogen-bond acceptors (Lipinski definition) is 4. The summed E-state index contributed by atoms with van der Waals surface area (Å²) >= 11 is 6.11. The van der Waals surface area contributed by atoms with Crippen molar-refractivity contribution in [2.45, 2.75) is 0 Å². The number of esters is 1. The first-order chi connectivity index (χ1) is 11.0. The maximum Gasteiger partial charge on any atom is 0.363 e. The van der Waals surface area contributed by atoms with Crippen LogP contribution in [0, 0.1) is 0 Å². The molecule has 2 aromatic rings. The monoisotopic (exact) mass is 326 g/mol. The molecule has 0 unspecified atom stereocenters. The molecule has 0 aromatic heterocycles. The fraction of sp³-hybridized carbons (Fsp3) is 0.111. The van der Waals surface area contributed by atoms with E-state index in [0.29, 0.717) is 10.6 Å². The molecule has 0 saturated carbocycles. The number of nitrogens with zero attached hydrogens (tertiary/aromatic N) is 2. The minimum Gasteiger partial charge on any atom is -0.402 e. The van der Waals surface area contributed by atoms with E-state index in [1.165, 1.54) is 0 Å². The van der Waals surface area contributed by atoms with E-state index in [2.05, 4.69) is 4.99 Å². The first kappa shape index (κ1) is 15.3. The molecule has 0 N–H and O–H groups in total. The number of rotatable bonds is 3. The Morgan fingerprint density at radius 3 is 2.43 bits per heavy atom. The molecule has 4 nitrogen and oxygen atoms in total. The van der Waals surface area contributed by atoms with Gasteiger partial charge in [0, 0.05) is 19.8 Å². The van der Waals surface area contributed by atoms with Crippen LogP contribution in [0.15, 0.2) is 59.2 Å². The lowest BCUT2D eigenvalue weighted by Gasteiger charge is -2.11. The number of cyclic esters (lactones) is 1. The fourth-order valence-electron chi connectivity index (χ4n) is 2.19. The van der Waals surface area contributed by atoms with Gasteiger partial charge in [0.25, 0.3) is 0 Å². The van der Waals surface area contributed by atoms with Crippen LogP contribution in [0.3, 0.4) is 0 Å². The molecular weight excluding hydrogens is 312 g/mol. The Kier molecular flexibility index (Phi) is 4.17. The number of halogens is 1. The highest BCUT2D eigenvalue weighted by atomic mass is 35.5. The van der Waals surface area contributed by atoms with Crippen LogP contribution in [-0.4, -0.2) is 26.0 Å². The SMILES string of the molecule is CN(C)c1ccc(/C=C2/N=C(c3ccccc3Cl)OC2=O)cc1. The normalized spacial score (nSPS) is 15.5. The van der Waals surface area contributed by atoms with E-state index < -0.39 is 5.97 Å². The van der Waals surface area contributed by atoms with E-state index in [9.17, 15) is 4.79 Å². The Labute approximate surface area is 139 Å². The van der Waals surface area contributed by atoms with Crippen molar-refractivity contribution in [2.24, 2.45) is 4.99 Å². The summed E-state index contributed by atoms with van der Waals surface area (Å²) in [4.78, 5) is 18.3. The summed E-state index contributed by atoms with van der Waals surface area (Å²) < 4.78 is 5.23. The molecule has 0 bridgehead atoms. The highest BCUT2D eigenvalue weighted by Crippen LogP contribution is 2.24. The van der Waals surface area contributed by atoms with Gasteiger partial charge in [-0.15, -0.1) is 0 Å². The van der Waals surface area contributed by atoms with Gasteiger partial charge in [0.15, 0.2) is 5.70 Å². The average molecular weight is 327 g/mol. The quantitative estimate of drug-likeness (QED) is 0.637. The Bertz CT molecular complexity index is 808. The van der Waals surface area contributed by atoms with Crippen LogP contribution in [-0.2, 0) is 9.53 Å². The van der Waals surface area contributed by atoms with Crippen molar-refractivity contribution in [3.63, 3.8) is 0 Å². The van der Waals surface area contributed by atoms with Crippen molar-refractivity contribution in [1.29, 1.82) is 0 Å². The van der Waals surface area contributed by atoms with E-state index in [-0.39, 0.29) is 11.6 Å². The summed E-state index contributed by atoms with van der Waals surface area (Å²) in [6.45, 7) is 0. The number of benzene rings is 2. The lowest BCUT2D eigenvalue weighted by Crippen LogP contribution is -2.08. The highest BCUT2D eigenvalue weighted by molar-refractivity contribution is 6.34. The summed E-state index contributed by atoms with van der Waals surface area (Å²) in [6, 6.07) is 14.9. The molecule has 0 spiro atoms. The molecule has 0 radical (unpaired) electrons. The van der Waals surface area contributed by atoms with E-state index in [0.717, 1.165) is 11.3 Å². The second kappa shape index (κ2) is 6.26. The van der Waals surface area contributed by atoms with Crippen molar-refractivity contribution >= 4 is 35.2 Å². The number of carbonyl (C=O) groups is 1. The van der Waals surface area contributed by atoms with Crippen LogP contribution in [0.2, 0.25) is 5.02 Å². The van der Waals surface area contributed by atoms with Gasteiger partial charge in [0.2, 0.25) is 5.90 Å². The predicted molar refractivity (Wildman–Crippen MR) is 92.8 cm³/mol. The second-order valence-corrected chi connectivity index (χ2v) is 5.71. The summed E-state index contributed by atoms with van der Waals surface area (Å²) in [5, 5.41) is 0.496. The van der Waals surface area contributed by atoms with Crippen LogP contribution in [0.5, 0.6) is 0 Å². The Hall–Kier alpha value is -2.59. The first-order valence-corrected chi connectivity index (χ1v) is 7.47. The van der Waals surface area contributed by atoms with Crippen molar-refractivity contribution in [2.75, 3.05) is 19.0 Å². The molecule has 0 aliphatic carbocycles. The van der Waals surface area contributed by atoms with Gasteiger partial charge in [-0.3, -0.25) is 0 Å². The number of anilines is 1. The van der Waals surface area contributed by atoms with E-state index in [1.807, 2.05) is 55.4 Å². The molecule has 3 rings (SSSR count). The summed E-state index contributed by atoms with van der Waals surface area (Å²) in [5.41, 5.74) is 2.83. The molecule has 23 heavy (non-hydrogen) atoms. The third kappa shape index (κ3) is 3.27. The molecule has 0 fully saturated rings. The van der Waals surface area contributed by atoms with Gasteiger partial charge in [0.05, 0.1) is 10.6 Å². The maximum absolute atomic E-state index is 12.0. The molecule has 1 aliphatic rings. The third-order valence-corrected chi connectivity index (χ3v) is 3.77. The van der Waals surface area contributed by atoms with E-state index >= 15 is 0 Å². The molecule has 5 heteroatoms. The molecule has 1 heterocycles. The van der Waals surface area contributed by atoms with Gasteiger partial charge in [-0.2, -0.15) is 0 Å². The standard InChI is InChI=1S/C18H15ClN2O2/c1-21(2)13-9-7-12(8-10-13)11-16-18(22)23-17(20-16)14-5-3-4-6-15(14)19/h3-11H,1-2H3/b16-11+. The van der Waals surface area contributed by atoms with Crippen molar-refractivity contribution in [1.82, 2.24) is 0 Å². The van der Waals surface area contributed by atoms with Gasteiger partial charge in [-0.25, -0.2) is 9.79 Å². The van der Waals surface area contributed by atoms with Crippen LogP contribution in [0.4, 0.5) is 5.69 Å². The smallest absolute Gasteiger partial charge is 0.363 e. The topological polar surface area (TPSA) is 41.9 Å². The zero-order chi connectivity index (χ0) is 16.4.